The van der Waals surface area contributed by atoms with Gasteiger partial charge in [-0.1, -0.05) is 35.5 Å². The van der Waals surface area contributed by atoms with Gasteiger partial charge in [0, 0.05) is 12.2 Å². The SMILES string of the molecule is C1=CC(OCc2ccccc2)=CC=NO1. The van der Waals surface area contributed by atoms with Gasteiger partial charge in [-0.25, -0.2) is 0 Å². The Hall–Kier alpha value is -2.03. The molecule has 0 amide bonds. The Morgan fingerprint density at radius 2 is 2.07 bits per heavy atom. The van der Waals surface area contributed by atoms with Crippen LogP contribution in [0.2, 0.25) is 0 Å². The van der Waals surface area contributed by atoms with Crippen molar-refractivity contribution in [1.29, 1.82) is 0 Å². The number of benzene rings is 1. The van der Waals surface area contributed by atoms with Crippen LogP contribution in [0.5, 0.6) is 0 Å². The van der Waals surface area contributed by atoms with Gasteiger partial charge in [0.2, 0.25) is 0 Å². The Bertz CT molecular complexity index is 393. The maximum Gasteiger partial charge on any atom is 0.125 e. The van der Waals surface area contributed by atoms with Crippen LogP contribution in [-0.4, -0.2) is 6.21 Å². The zero-order chi connectivity index (χ0) is 10.3. The lowest BCUT2D eigenvalue weighted by molar-refractivity contribution is 0.209. The highest BCUT2D eigenvalue weighted by molar-refractivity contribution is 5.72. The molecule has 1 aliphatic rings. The van der Waals surface area contributed by atoms with Crippen LogP contribution < -0.4 is 0 Å². The molecule has 0 aromatic heterocycles. The van der Waals surface area contributed by atoms with Crippen molar-refractivity contribution >= 4 is 6.21 Å². The fourth-order valence-corrected chi connectivity index (χ4v) is 1.16. The normalized spacial score (nSPS) is 14.0. The van der Waals surface area contributed by atoms with Crippen LogP contribution in [0, 0.1) is 0 Å². The van der Waals surface area contributed by atoms with Crippen LogP contribution >= 0.6 is 0 Å². The molecule has 15 heavy (non-hydrogen) atoms. The van der Waals surface area contributed by atoms with Crippen LogP contribution in [-0.2, 0) is 16.2 Å². The van der Waals surface area contributed by atoms with E-state index >= 15 is 0 Å². The van der Waals surface area contributed by atoms with E-state index in [1.54, 1.807) is 18.4 Å². The predicted octanol–water partition coefficient (Wildman–Crippen LogP) is 2.62. The van der Waals surface area contributed by atoms with Crippen molar-refractivity contribution in [3.63, 3.8) is 0 Å². The molecule has 1 heterocycles. The summed E-state index contributed by atoms with van der Waals surface area (Å²) in [6.45, 7) is 0.546. The van der Waals surface area contributed by atoms with E-state index in [4.69, 9.17) is 9.57 Å². The molecule has 0 unspecified atom stereocenters. The largest absolute Gasteiger partial charge is 0.489 e. The fourth-order valence-electron chi connectivity index (χ4n) is 1.16. The van der Waals surface area contributed by atoms with E-state index in [-0.39, 0.29) is 0 Å². The topological polar surface area (TPSA) is 30.8 Å². The highest BCUT2D eigenvalue weighted by atomic mass is 16.6. The summed E-state index contributed by atoms with van der Waals surface area (Å²) in [7, 11) is 0. The summed E-state index contributed by atoms with van der Waals surface area (Å²) in [5.74, 6) is 0.736. The van der Waals surface area contributed by atoms with E-state index < -0.39 is 0 Å². The summed E-state index contributed by atoms with van der Waals surface area (Å²) in [5.41, 5.74) is 1.13. The summed E-state index contributed by atoms with van der Waals surface area (Å²) >= 11 is 0. The quantitative estimate of drug-likeness (QED) is 0.752. The molecule has 0 radical (unpaired) electrons. The first-order valence-corrected chi connectivity index (χ1v) is 4.68. The highest BCUT2D eigenvalue weighted by Gasteiger charge is 1.96. The molecule has 3 heteroatoms. The molecule has 0 fully saturated rings. The third-order valence-electron chi connectivity index (χ3n) is 1.90. The van der Waals surface area contributed by atoms with Gasteiger partial charge in [-0.2, -0.15) is 0 Å². The molecule has 76 valence electrons. The Balaban J connectivity index is 1.93. The van der Waals surface area contributed by atoms with Gasteiger partial charge in [-0.15, -0.1) is 0 Å². The second-order valence-electron chi connectivity index (χ2n) is 3.01. The number of oxime groups is 1. The van der Waals surface area contributed by atoms with Crippen molar-refractivity contribution in [1.82, 2.24) is 0 Å². The Morgan fingerprint density at radius 1 is 1.20 bits per heavy atom. The van der Waals surface area contributed by atoms with Crippen molar-refractivity contribution in [2.24, 2.45) is 5.16 Å². The molecule has 0 saturated carbocycles. The third-order valence-corrected chi connectivity index (χ3v) is 1.90. The first-order valence-electron chi connectivity index (χ1n) is 4.68. The molecule has 0 aliphatic carbocycles. The molecule has 3 nitrogen and oxygen atoms in total. The van der Waals surface area contributed by atoms with E-state index in [2.05, 4.69) is 5.16 Å². The maximum absolute atomic E-state index is 5.55. The number of hydrogen-bond donors (Lipinski definition) is 0. The molecule has 0 spiro atoms. The van der Waals surface area contributed by atoms with Gasteiger partial charge in [0.15, 0.2) is 0 Å². The van der Waals surface area contributed by atoms with E-state index in [1.807, 2.05) is 30.3 Å². The number of hydrogen-bond acceptors (Lipinski definition) is 3. The number of nitrogens with zero attached hydrogens (tertiary/aromatic N) is 1. The molecule has 2 rings (SSSR count). The maximum atomic E-state index is 5.55. The smallest absolute Gasteiger partial charge is 0.125 e. The number of ether oxygens (including phenoxy) is 1. The van der Waals surface area contributed by atoms with Gasteiger partial charge in [0.25, 0.3) is 0 Å². The monoisotopic (exact) mass is 201 g/mol. The average molecular weight is 201 g/mol. The Labute approximate surface area is 88.3 Å². The van der Waals surface area contributed by atoms with Crippen LogP contribution in [0.25, 0.3) is 0 Å². The molecule has 0 bridgehead atoms. The van der Waals surface area contributed by atoms with Crippen molar-refractivity contribution in [2.75, 3.05) is 0 Å². The van der Waals surface area contributed by atoms with Gasteiger partial charge in [0.1, 0.15) is 18.6 Å². The molecule has 0 atom stereocenters. The molecule has 0 N–H and O–H groups in total. The number of rotatable bonds is 3. The predicted molar refractivity (Wildman–Crippen MR) is 58.0 cm³/mol. The lowest BCUT2D eigenvalue weighted by Gasteiger charge is -2.05. The summed E-state index contributed by atoms with van der Waals surface area (Å²) < 4.78 is 5.55. The molecule has 1 aliphatic heterocycles. The first-order chi connectivity index (χ1) is 7.45. The fraction of sp³-hybridized carbons (Fsp3) is 0.0833. The summed E-state index contributed by atoms with van der Waals surface area (Å²) in [6.07, 6.45) is 6.53. The van der Waals surface area contributed by atoms with E-state index in [0.717, 1.165) is 11.3 Å². The lowest BCUT2D eigenvalue weighted by atomic mass is 10.2. The Kier molecular flexibility index (Phi) is 3.18. The summed E-state index contributed by atoms with van der Waals surface area (Å²) in [6, 6.07) is 9.99. The van der Waals surface area contributed by atoms with Gasteiger partial charge < -0.3 is 9.57 Å². The molecule has 1 aromatic rings. The van der Waals surface area contributed by atoms with Crippen LogP contribution in [0.15, 0.2) is 59.7 Å². The van der Waals surface area contributed by atoms with Gasteiger partial charge in [-0.3, -0.25) is 0 Å². The second kappa shape index (κ2) is 5.00. The minimum atomic E-state index is 0.546. The molecule has 1 aromatic carbocycles. The number of allylic oxidation sites excluding steroid dienone is 2. The third kappa shape index (κ3) is 2.98. The minimum Gasteiger partial charge on any atom is -0.489 e. The van der Waals surface area contributed by atoms with Crippen molar-refractivity contribution in [3.8, 4) is 0 Å². The zero-order valence-corrected chi connectivity index (χ0v) is 8.17. The van der Waals surface area contributed by atoms with Crippen molar-refractivity contribution in [3.05, 3.63) is 60.1 Å². The first kappa shape index (κ1) is 9.52. The van der Waals surface area contributed by atoms with Crippen molar-refractivity contribution in [2.45, 2.75) is 6.61 Å². The molecular weight excluding hydrogens is 190 g/mol. The van der Waals surface area contributed by atoms with Crippen LogP contribution in [0.1, 0.15) is 5.56 Å². The lowest BCUT2D eigenvalue weighted by Crippen LogP contribution is -1.91. The standard InChI is InChI=1S/C12H11NO2/c1-2-4-11(5-3-1)10-14-12-6-8-13-15-9-7-12/h1-9H,10H2. The van der Waals surface area contributed by atoms with Gasteiger partial charge in [-0.05, 0) is 5.56 Å². The highest BCUT2D eigenvalue weighted by Crippen LogP contribution is 2.07. The van der Waals surface area contributed by atoms with Gasteiger partial charge >= 0.3 is 0 Å². The summed E-state index contributed by atoms with van der Waals surface area (Å²) in [5, 5.41) is 3.61. The summed E-state index contributed by atoms with van der Waals surface area (Å²) in [4.78, 5) is 4.73. The average Bonchev–Trinajstić information content (AvgIpc) is 2.56. The molecule has 0 saturated heterocycles. The van der Waals surface area contributed by atoms with Crippen LogP contribution in [0.4, 0.5) is 0 Å². The van der Waals surface area contributed by atoms with Crippen LogP contribution in [0.3, 0.4) is 0 Å². The van der Waals surface area contributed by atoms with E-state index in [9.17, 15) is 0 Å². The van der Waals surface area contributed by atoms with E-state index in [0.29, 0.717) is 6.61 Å². The molecular formula is C12H11NO2. The Morgan fingerprint density at radius 3 is 2.93 bits per heavy atom. The van der Waals surface area contributed by atoms with Gasteiger partial charge in [0.05, 0.1) is 6.21 Å². The second-order valence-corrected chi connectivity index (χ2v) is 3.01. The van der Waals surface area contributed by atoms with Crippen molar-refractivity contribution < 1.29 is 9.57 Å². The van der Waals surface area contributed by atoms with E-state index in [1.165, 1.54) is 6.26 Å². The minimum absolute atomic E-state index is 0.546. The zero-order valence-electron chi connectivity index (χ0n) is 8.17.